The van der Waals surface area contributed by atoms with Gasteiger partial charge in [0.15, 0.2) is 23.1 Å². The van der Waals surface area contributed by atoms with Crippen molar-refractivity contribution in [2.45, 2.75) is 0 Å². The van der Waals surface area contributed by atoms with Crippen molar-refractivity contribution in [3.05, 3.63) is 79.0 Å². The number of rotatable bonds is 6. The van der Waals surface area contributed by atoms with Crippen LogP contribution in [0.2, 0.25) is 0 Å². The molecule has 143 valence electrons. The van der Waals surface area contributed by atoms with E-state index in [1.807, 2.05) is 12.1 Å². The van der Waals surface area contributed by atoms with Crippen LogP contribution in [0.5, 0.6) is 29.3 Å². The Morgan fingerprint density at radius 3 is 2.28 bits per heavy atom. The van der Waals surface area contributed by atoms with Crippen LogP contribution in [0.1, 0.15) is 0 Å². The Kier molecular flexibility index (Phi) is 5.24. The van der Waals surface area contributed by atoms with Gasteiger partial charge in [-0.1, -0.05) is 24.3 Å². The molecule has 0 N–H and O–H groups in total. The van der Waals surface area contributed by atoms with E-state index in [1.54, 1.807) is 37.4 Å². The Bertz CT molecular complexity index is 1120. The lowest BCUT2D eigenvalue weighted by Crippen LogP contribution is -1.97. The second-order valence-electron chi connectivity index (χ2n) is 5.69. The molecule has 4 rings (SSSR count). The summed E-state index contributed by atoms with van der Waals surface area (Å²) in [4.78, 5) is 16.5. The summed E-state index contributed by atoms with van der Waals surface area (Å²) in [5, 5.41) is 0. The molecule has 0 fully saturated rings. The molecule has 0 bridgehead atoms. The topological polar surface area (TPSA) is 79.2 Å². The average molecular weight is 389 g/mol. The molecular weight excluding hydrogens is 375 g/mol. The monoisotopic (exact) mass is 389 g/mol. The first-order valence-corrected chi connectivity index (χ1v) is 8.54. The molecule has 0 saturated heterocycles. The molecule has 0 aliphatic carbocycles. The molecule has 2 aromatic carbocycles. The number of hydrogen-bond acceptors (Lipinski definition) is 7. The number of nitrogens with zero attached hydrogens (tertiary/aromatic N) is 4. The lowest BCUT2D eigenvalue weighted by molar-refractivity contribution is 0.368. The molecule has 1 radical (unpaired) electrons. The van der Waals surface area contributed by atoms with Crippen LogP contribution < -0.4 is 14.2 Å². The van der Waals surface area contributed by atoms with E-state index < -0.39 is 5.82 Å². The maximum Gasteiger partial charge on any atom is 0.322 e. The van der Waals surface area contributed by atoms with Gasteiger partial charge < -0.3 is 14.2 Å². The van der Waals surface area contributed by atoms with Gasteiger partial charge in [-0.05, 0) is 30.3 Å². The summed E-state index contributed by atoms with van der Waals surface area (Å²) in [6.07, 6.45) is 5.81. The fourth-order valence-electron chi connectivity index (χ4n) is 2.43. The standard InChI is InChI=1S/C21H14FN4O3/c1-27-18-8-4-5-9-19(18)29-20-24-12-14(13-25-20)16-10-11-23-21(26-16)28-17-7-3-2-6-15(17)22/h2-12H,1H3. The van der Waals surface area contributed by atoms with Crippen molar-refractivity contribution in [2.75, 3.05) is 7.11 Å². The van der Waals surface area contributed by atoms with Crippen molar-refractivity contribution >= 4 is 0 Å². The molecule has 2 aromatic heterocycles. The zero-order chi connectivity index (χ0) is 20.1. The SMILES string of the molecule is COc1ccccc1Oc1n[c]c(-c2ccnc(Oc3ccccc3F)n2)cn1. The molecule has 0 spiro atoms. The van der Waals surface area contributed by atoms with E-state index in [0.717, 1.165) is 0 Å². The number of hydrogen-bond donors (Lipinski definition) is 0. The van der Waals surface area contributed by atoms with Crippen molar-refractivity contribution in [1.82, 2.24) is 19.9 Å². The van der Waals surface area contributed by atoms with Crippen LogP contribution in [0, 0.1) is 12.0 Å². The highest BCUT2D eigenvalue weighted by molar-refractivity contribution is 5.56. The fourth-order valence-corrected chi connectivity index (χ4v) is 2.43. The maximum absolute atomic E-state index is 13.7. The van der Waals surface area contributed by atoms with Crippen LogP contribution in [-0.4, -0.2) is 27.0 Å². The van der Waals surface area contributed by atoms with Crippen LogP contribution >= 0.6 is 0 Å². The normalized spacial score (nSPS) is 10.4. The van der Waals surface area contributed by atoms with Gasteiger partial charge in [0.2, 0.25) is 0 Å². The Hall–Kier alpha value is -4.07. The highest BCUT2D eigenvalue weighted by Gasteiger charge is 2.10. The molecule has 0 saturated carbocycles. The first-order valence-electron chi connectivity index (χ1n) is 8.54. The van der Waals surface area contributed by atoms with Gasteiger partial charge in [0, 0.05) is 18.0 Å². The van der Waals surface area contributed by atoms with Gasteiger partial charge in [0.1, 0.15) is 6.20 Å². The smallest absolute Gasteiger partial charge is 0.322 e. The minimum Gasteiger partial charge on any atom is -0.493 e. The van der Waals surface area contributed by atoms with Crippen LogP contribution in [0.25, 0.3) is 11.3 Å². The van der Waals surface area contributed by atoms with Gasteiger partial charge in [-0.3, -0.25) is 0 Å². The van der Waals surface area contributed by atoms with E-state index in [1.165, 1.54) is 24.5 Å². The minimum absolute atomic E-state index is 0.00431. The fraction of sp³-hybridized carbons (Fsp3) is 0.0476. The van der Waals surface area contributed by atoms with E-state index in [4.69, 9.17) is 14.2 Å². The second kappa shape index (κ2) is 8.30. The highest BCUT2D eigenvalue weighted by atomic mass is 19.1. The van der Waals surface area contributed by atoms with Crippen LogP contribution in [-0.2, 0) is 0 Å². The Balaban J connectivity index is 1.53. The zero-order valence-electron chi connectivity index (χ0n) is 15.2. The van der Waals surface area contributed by atoms with E-state index in [0.29, 0.717) is 22.8 Å². The van der Waals surface area contributed by atoms with Crippen LogP contribution in [0.4, 0.5) is 4.39 Å². The van der Waals surface area contributed by atoms with Gasteiger partial charge in [-0.15, -0.1) is 0 Å². The quantitative estimate of drug-likeness (QED) is 0.481. The third-order valence-electron chi connectivity index (χ3n) is 3.79. The highest BCUT2D eigenvalue weighted by Crippen LogP contribution is 2.29. The Morgan fingerprint density at radius 1 is 0.828 bits per heavy atom. The van der Waals surface area contributed by atoms with E-state index in [-0.39, 0.29) is 17.8 Å². The molecule has 29 heavy (non-hydrogen) atoms. The number of benzene rings is 2. The number of para-hydroxylation sites is 3. The molecule has 0 aliphatic rings. The lowest BCUT2D eigenvalue weighted by atomic mass is 10.2. The third-order valence-corrected chi connectivity index (χ3v) is 3.79. The first-order chi connectivity index (χ1) is 14.2. The molecule has 2 heterocycles. The third kappa shape index (κ3) is 4.27. The van der Waals surface area contributed by atoms with Gasteiger partial charge in [0.05, 0.1) is 12.8 Å². The Labute approximate surface area is 165 Å². The largest absolute Gasteiger partial charge is 0.493 e. The minimum atomic E-state index is -0.505. The second-order valence-corrected chi connectivity index (χ2v) is 5.69. The maximum atomic E-state index is 13.7. The summed E-state index contributed by atoms with van der Waals surface area (Å²) in [5.74, 6) is 0.573. The molecule has 0 amide bonds. The summed E-state index contributed by atoms with van der Waals surface area (Å²) in [6, 6.07) is 14.9. The molecule has 0 unspecified atom stereocenters. The zero-order valence-corrected chi connectivity index (χ0v) is 15.2. The van der Waals surface area contributed by atoms with Crippen molar-refractivity contribution < 1.29 is 18.6 Å². The molecule has 7 nitrogen and oxygen atoms in total. The lowest BCUT2D eigenvalue weighted by Gasteiger charge is -2.08. The van der Waals surface area contributed by atoms with E-state index in [9.17, 15) is 4.39 Å². The molecular formula is C21H14FN4O3. The summed E-state index contributed by atoms with van der Waals surface area (Å²) in [6.45, 7) is 0. The van der Waals surface area contributed by atoms with Crippen molar-refractivity contribution in [2.24, 2.45) is 0 Å². The van der Waals surface area contributed by atoms with Gasteiger partial charge in [-0.25, -0.2) is 14.4 Å². The van der Waals surface area contributed by atoms with Gasteiger partial charge in [-0.2, -0.15) is 9.97 Å². The molecule has 0 aliphatic heterocycles. The van der Waals surface area contributed by atoms with E-state index >= 15 is 0 Å². The van der Waals surface area contributed by atoms with Crippen molar-refractivity contribution in [1.29, 1.82) is 0 Å². The van der Waals surface area contributed by atoms with Crippen molar-refractivity contribution in [3.63, 3.8) is 0 Å². The van der Waals surface area contributed by atoms with Crippen molar-refractivity contribution in [3.8, 4) is 40.5 Å². The number of aromatic nitrogens is 4. The summed E-state index contributed by atoms with van der Waals surface area (Å²) in [7, 11) is 1.55. The predicted octanol–water partition coefficient (Wildman–Crippen LogP) is 4.47. The number of ether oxygens (including phenoxy) is 3. The van der Waals surface area contributed by atoms with E-state index in [2.05, 4.69) is 26.1 Å². The number of halogens is 1. The first kappa shape index (κ1) is 18.3. The number of methoxy groups -OCH3 is 1. The Morgan fingerprint density at radius 2 is 1.55 bits per heavy atom. The van der Waals surface area contributed by atoms with Crippen LogP contribution in [0.3, 0.4) is 0 Å². The summed E-state index contributed by atoms with van der Waals surface area (Å²) >= 11 is 0. The predicted molar refractivity (Wildman–Crippen MR) is 101 cm³/mol. The average Bonchev–Trinajstić information content (AvgIpc) is 2.76. The summed E-state index contributed by atoms with van der Waals surface area (Å²) < 4.78 is 30.0. The van der Waals surface area contributed by atoms with Crippen LogP contribution in [0.15, 0.2) is 67.0 Å². The van der Waals surface area contributed by atoms with Gasteiger partial charge in [0.25, 0.3) is 0 Å². The molecule has 4 aromatic rings. The molecule has 8 heteroatoms. The van der Waals surface area contributed by atoms with Gasteiger partial charge >= 0.3 is 12.0 Å². The molecule has 0 atom stereocenters. The summed E-state index contributed by atoms with van der Waals surface area (Å²) in [5.41, 5.74) is 0.966.